The molecule has 5 nitrogen and oxygen atoms in total. The standard InChI is InChI=1S/C14H10ClFN2O3/c15-11-6-5-9(7-13(11)18(20)21)14(19)17-8-10-3-1-2-4-12(10)16/h1-7H,8H2,(H,17,19). The zero-order valence-electron chi connectivity index (χ0n) is 10.7. The van der Waals surface area contributed by atoms with Gasteiger partial charge in [-0.05, 0) is 18.2 Å². The van der Waals surface area contributed by atoms with Crippen molar-refractivity contribution in [3.8, 4) is 0 Å². The normalized spacial score (nSPS) is 10.2. The van der Waals surface area contributed by atoms with E-state index < -0.39 is 16.6 Å². The monoisotopic (exact) mass is 308 g/mol. The summed E-state index contributed by atoms with van der Waals surface area (Å²) in [5, 5.41) is 13.2. The van der Waals surface area contributed by atoms with Gasteiger partial charge in [0.1, 0.15) is 10.8 Å². The Morgan fingerprint density at radius 2 is 2.00 bits per heavy atom. The van der Waals surface area contributed by atoms with Gasteiger partial charge in [-0.25, -0.2) is 4.39 Å². The van der Waals surface area contributed by atoms with Crippen LogP contribution in [0.5, 0.6) is 0 Å². The summed E-state index contributed by atoms with van der Waals surface area (Å²) in [7, 11) is 0. The van der Waals surface area contributed by atoms with Crippen molar-refractivity contribution in [3.05, 3.63) is 74.5 Å². The fourth-order valence-corrected chi connectivity index (χ4v) is 1.90. The number of hydrogen-bond acceptors (Lipinski definition) is 3. The largest absolute Gasteiger partial charge is 0.348 e. The number of nitro groups is 1. The number of carbonyl (C=O) groups excluding carboxylic acids is 1. The summed E-state index contributed by atoms with van der Waals surface area (Å²) in [5.74, 6) is -0.974. The topological polar surface area (TPSA) is 72.2 Å². The molecule has 0 aliphatic heterocycles. The lowest BCUT2D eigenvalue weighted by atomic mass is 10.1. The van der Waals surface area contributed by atoms with Crippen LogP contribution in [0.3, 0.4) is 0 Å². The molecule has 0 unspecified atom stereocenters. The van der Waals surface area contributed by atoms with Gasteiger partial charge in [-0.3, -0.25) is 14.9 Å². The SMILES string of the molecule is O=C(NCc1ccccc1F)c1ccc(Cl)c([N+](=O)[O-])c1. The molecule has 108 valence electrons. The van der Waals surface area contributed by atoms with Crippen molar-refractivity contribution in [2.75, 3.05) is 0 Å². The minimum atomic E-state index is -0.671. The molecule has 0 heterocycles. The lowest BCUT2D eigenvalue weighted by molar-refractivity contribution is -0.384. The molecule has 0 atom stereocenters. The zero-order valence-corrected chi connectivity index (χ0v) is 11.4. The summed E-state index contributed by atoms with van der Waals surface area (Å²) in [6, 6.07) is 9.75. The van der Waals surface area contributed by atoms with Gasteiger partial charge >= 0.3 is 0 Å². The maximum atomic E-state index is 13.4. The van der Waals surface area contributed by atoms with Gasteiger partial charge in [0, 0.05) is 23.7 Å². The van der Waals surface area contributed by atoms with Gasteiger partial charge in [0.25, 0.3) is 11.6 Å². The van der Waals surface area contributed by atoms with Crippen molar-refractivity contribution in [1.29, 1.82) is 0 Å². The van der Waals surface area contributed by atoms with Crippen LogP contribution in [0.25, 0.3) is 0 Å². The molecule has 21 heavy (non-hydrogen) atoms. The molecule has 0 saturated heterocycles. The van der Waals surface area contributed by atoms with Crippen LogP contribution in [-0.2, 0) is 6.54 Å². The third-order valence-electron chi connectivity index (χ3n) is 2.80. The molecule has 2 rings (SSSR count). The summed E-state index contributed by atoms with van der Waals surface area (Å²) < 4.78 is 13.4. The van der Waals surface area contributed by atoms with Gasteiger partial charge in [0.15, 0.2) is 0 Å². The Hall–Kier alpha value is -2.47. The Bertz CT molecular complexity index is 706. The van der Waals surface area contributed by atoms with Crippen LogP contribution < -0.4 is 5.32 Å². The van der Waals surface area contributed by atoms with Crippen molar-refractivity contribution in [1.82, 2.24) is 5.32 Å². The molecule has 0 spiro atoms. The summed E-state index contributed by atoms with van der Waals surface area (Å²) in [6.07, 6.45) is 0. The quantitative estimate of drug-likeness (QED) is 0.695. The van der Waals surface area contributed by atoms with E-state index in [2.05, 4.69) is 5.32 Å². The average Bonchev–Trinajstić information content (AvgIpc) is 2.46. The molecule has 2 aromatic rings. The molecule has 0 aromatic heterocycles. The second kappa shape index (κ2) is 6.32. The number of halogens is 2. The van der Waals surface area contributed by atoms with E-state index in [0.717, 1.165) is 6.07 Å². The van der Waals surface area contributed by atoms with Crippen molar-refractivity contribution in [2.45, 2.75) is 6.54 Å². The van der Waals surface area contributed by atoms with Crippen LogP contribution in [-0.4, -0.2) is 10.8 Å². The third-order valence-corrected chi connectivity index (χ3v) is 3.12. The molecule has 0 bridgehead atoms. The van der Waals surface area contributed by atoms with Gasteiger partial charge in [-0.2, -0.15) is 0 Å². The smallest absolute Gasteiger partial charge is 0.288 e. The van der Waals surface area contributed by atoms with Gasteiger partial charge < -0.3 is 5.32 Å². The minimum absolute atomic E-state index is 0.0120. The van der Waals surface area contributed by atoms with E-state index in [4.69, 9.17) is 11.6 Å². The predicted molar refractivity (Wildman–Crippen MR) is 75.7 cm³/mol. The highest BCUT2D eigenvalue weighted by atomic mass is 35.5. The second-order valence-electron chi connectivity index (χ2n) is 4.20. The Morgan fingerprint density at radius 3 is 2.67 bits per heavy atom. The molecular formula is C14H10ClFN2O3. The highest BCUT2D eigenvalue weighted by Gasteiger charge is 2.16. The Kier molecular flexibility index (Phi) is 4.49. The van der Waals surface area contributed by atoms with Crippen LogP contribution in [0.2, 0.25) is 5.02 Å². The molecule has 0 radical (unpaired) electrons. The van der Waals surface area contributed by atoms with Crippen LogP contribution in [0.15, 0.2) is 42.5 Å². The second-order valence-corrected chi connectivity index (χ2v) is 4.60. The van der Waals surface area contributed by atoms with Gasteiger partial charge in [0.2, 0.25) is 0 Å². The number of rotatable bonds is 4. The number of benzene rings is 2. The van der Waals surface area contributed by atoms with Gasteiger partial charge in [0.05, 0.1) is 4.92 Å². The number of nitrogens with one attached hydrogen (secondary N) is 1. The first-order chi connectivity index (χ1) is 9.99. The van der Waals surface area contributed by atoms with Crippen molar-refractivity contribution < 1.29 is 14.1 Å². The van der Waals surface area contributed by atoms with Crippen molar-refractivity contribution in [3.63, 3.8) is 0 Å². The number of amides is 1. The predicted octanol–water partition coefficient (Wildman–Crippen LogP) is 3.32. The van der Waals surface area contributed by atoms with Crippen LogP contribution >= 0.6 is 11.6 Å². The maximum Gasteiger partial charge on any atom is 0.288 e. The van der Waals surface area contributed by atoms with Crippen molar-refractivity contribution in [2.24, 2.45) is 0 Å². The number of nitrogens with zero attached hydrogens (tertiary/aromatic N) is 1. The zero-order chi connectivity index (χ0) is 15.4. The number of carbonyl (C=O) groups is 1. The number of nitro benzene ring substituents is 1. The van der Waals surface area contributed by atoms with Crippen LogP contribution in [0.4, 0.5) is 10.1 Å². The van der Waals surface area contributed by atoms with E-state index in [-0.39, 0.29) is 22.8 Å². The van der Waals surface area contributed by atoms with E-state index in [9.17, 15) is 19.3 Å². The lowest BCUT2D eigenvalue weighted by Crippen LogP contribution is -2.23. The summed E-state index contributed by atoms with van der Waals surface area (Å²) >= 11 is 5.67. The minimum Gasteiger partial charge on any atom is -0.348 e. The average molecular weight is 309 g/mol. The van der Waals surface area contributed by atoms with E-state index in [0.29, 0.717) is 5.56 Å². The fourth-order valence-electron chi connectivity index (χ4n) is 1.71. The Labute approximate surface area is 124 Å². The third kappa shape index (κ3) is 3.55. The molecular weight excluding hydrogens is 299 g/mol. The highest BCUT2D eigenvalue weighted by Crippen LogP contribution is 2.25. The molecule has 1 amide bonds. The maximum absolute atomic E-state index is 13.4. The van der Waals surface area contributed by atoms with Crippen LogP contribution in [0, 0.1) is 15.9 Å². The van der Waals surface area contributed by atoms with E-state index >= 15 is 0 Å². The highest BCUT2D eigenvalue weighted by molar-refractivity contribution is 6.32. The molecule has 7 heteroatoms. The number of hydrogen-bond donors (Lipinski definition) is 1. The molecule has 0 saturated carbocycles. The van der Waals surface area contributed by atoms with Crippen molar-refractivity contribution >= 4 is 23.2 Å². The molecule has 0 aliphatic carbocycles. The molecule has 0 aliphatic rings. The summed E-state index contributed by atoms with van der Waals surface area (Å²) in [5.41, 5.74) is 0.0620. The first kappa shape index (κ1) is 14.9. The molecule has 0 fully saturated rings. The molecule has 2 aromatic carbocycles. The summed E-state index contributed by atoms with van der Waals surface area (Å²) in [6.45, 7) is -0.0120. The Balaban J connectivity index is 2.12. The van der Waals surface area contributed by atoms with E-state index in [1.165, 1.54) is 18.2 Å². The van der Waals surface area contributed by atoms with E-state index in [1.807, 2.05) is 0 Å². The molecule has 1 N–H and O–H groups in total. The van der Waals surface area contributed by atoms with E-state index in [1.54, 1.807) is 18.2 Å². The van der Waals surface area contributed by atoms with Gasteiger partial charge in [-0.1, -0.05) is 29.8 Å². The summed E-state index contributed by atoms with van der Waals surface area (Å²) in [4.78, 5) is 22.0. The first-order valence-corrected chi connectivity index (χ1v) is 6.32. The van der Waals surface area contributed by atoms with Gasteiger partial charge in [-0.15, -0.1) is 0 Å². The lowest BCUT2D eigenvalue weighted by Gasteiger charge is -2.06. The Morgan fingerprint density at radius 1 is 1.29 bits per heavy atom. The fraction of sp³-hybridized carbons (Fsp3) is 0.0714. The first-order valence-electron chi connectivity index (χ1n) is 5.94. The van der Waals surface area contributed by atoms with Crippen LogP contribution in [0.1, 0.15) is 15.9 Å².